The van der Waals surface area contributed by atoms with Gasteiger partial charge in [0.2, 0.25) is 0 Å². The van der Waals surface area contributed by atoms with Crippen LogP contribution in [-0.2, 0) is 20.1 Å². The van der Waals surface area contributed by atoms with Gasteiger partial charge in [0, 0.05) is 43.9 Å². The molecule has 0 aliphatic rings. The summed E-state index contributed by atoms with van der Waals surface area (Å²) in [5.74, 6) is 0. The van der Waals surface area contributed by atoms with E-state index in [9.17, 15) is 0 Å². The van der Waals surface area contributed by atoms with E-state index in [2.05, 4.69) is 16.0 Å². The molecule has 0 atom stereocenters. The second-order valence-electron chi connectivity index (χ2n) is 3.91. The molecule has 3 aromatic rings. The van der Waals surface area contributed by atoms with Gasteiger partial charge in [0.15, 0.2) is 0 Å². The van der Waals surface area contributed by atoms with Crippen LogP contribution in [-0.4, -0.2) is 9.97 Å². The van der Waals surface area contributed by atoms with Gasteiger partial charge >= 0.3 is 0 Å². The predicted octanol–water partition coefficient (Wildman–Crippen LogP) is 4.06. The third kappa shape index (κ3) is 3.60. The van der Waals surface area contributed by atoms with Crippen LogP contribution in [0.15, 0.2) is 67.0 Å². The standard InChI is InChI=1S/C16H11N2.CH3.Ir/c1-3-10-17-15(8-1)13-6-5-7-14(12-13)16-9-2-4-11-18-16;;/h1-11H;1H3;/q2*-1;. The molecule has 0 unspecified atom stereocenters. The Morgan fingerprint density at radius 3 is 1.55 bits per heavy atom. The maximum absolute atomic E-state index is 4.33. The molecule has 0 aliphatic heterocycles. The molecule has 103 valence electrons. The summed E-state index contributed by atoms with van der Waals surface area (Å²) < 4.78 is 0. The Morgan fingerprint density at radius 2 is 1.15 bits per heavy atom. The monoisotopic (exact) mass is 439 g/mol. The van der Waals surface area contributed by atoms with Crippen molar-refractivity contribution in [2.24, 2.45) is 0 Å². The van der Waals surface area contributed by atoms with Crippen molar-refractivity contribution in [3.05, 3.63) is 80.5 Å². The van der Waals surface area contributed by atoms with Crippen molar-refractivity contribution in [2.75, 3.05) is 0 Å². The number of aromatic nitrogens is 2. The van der Waals surface area contributed by atoms with Crippen molar-refractivity contribution in [1.82, 2.24) is 9.97 Å². The van der Waals surface area contributed by atoms with Gasteiger partial charge in [-0.15, -0.1) is 24.3 Å². The molecule has 0 saturated heterocycles. The van der Waals surface area contributed by atoms with Gasteiger partial charge in [-0.05, 0) is 12.1 Å². The SMILES string of the molecule is [CH3-].[Ir].[c-]1c(-c2ccccn2)cccc1-c1ccccn1. The van der Waals surface area contributed by atoms with Crippen molar-refractivity contribution >= 4 is 0 Å². The number of hydrogen-bond acceptors (Lipinski definition) is 2. The average Bonchev–Trinajstić information content (AvgIpc) is 2.49. The summed E-state index contributed by atoms with van der Waals surface area (Å²) in [5, 5.41) is 0. The fraction of sp³-hybridized carbons (Fsp3) is 0. The van der Waals surface area contributed by atoms with Gasteiger partial charge in [-0.3, -0.25) is 9.97 Å². The summed E-state index contributed by atoms with van der Waals surface area (Å²) in [4.78, 5) is 8.66. The van der Waals surface area contributed by atoms with Crippen LogP contribution in [0.2, 0.25) is 0 Å². The van der Waals surface area contributed by atoms with Gasteiger partial charge in [-0.25, -0.2) is 0 Å². The van der Waals surface area contributed by atoms with E-state index in [1.54, 1.807) is 12.4 Å². The van der Waals surface area contributed by atoms with Gasteiger partial charge in [0.25, 0.3) is 0 Å². The number of nitrogens with zero attached hydrogens (tertiary/aromatic N) is 2. The van der Waals surface area contributed by atoms with E-state index in [-0.39, 0.29) is 27.5 Å². The Hall–Kier alpha value is -1.83. The number of pyridine rings is 2. The molecular weight excluding hydrogens is 424 g/mol. The van der Waals surface area contributed by atoms with Crippen molar-refractivity contribution in [1.29, 1.82) is 0 Å². The normalized spacial score (nSPS) is 9.20. The van der Waals surface area contributed by atoms with Gasteiger partial charge in [0.1, 0.15) is 0 Å². The first-order valence-corrected chi connectivity index (χ1v) is 5.78. The maximum atomic E-state index is 4.33. The van der Waals surface area contributed by atoms with Gasteiger partial charge < -0.3 is 7.43 Å². The molecule has 2 heterocycles. The molecule has 1 aromatic carbocycles. The van der Waals surface area contributed by atoms with E-state index < -0.39 is 0 Å². The minimum atomic E-state index is 0. The molecule has 0 bridgehead atoms. The van der Waals surface area contributed by atoms with Crippen LogP contribution in [0, 0.1) is 13.5 Å². The molecule has 0 N–H and O–H groups in total. The summed E-state index contributed by atoms with van der Waals surface area (Å²) >= 11 is 0. The quantitative estimate of drug-likeness (QED) is 0.564. The Bertz CT molecular complexity index is 585. The van der Waals surface area contributed by atoms with Gasteiger partial charge in [-0.1, -0.05) is 35.4 Å². The summed E-state index contributed by atoms with van der Waals surface area (Å²) in [6, 6.07) is 21.1. The van der Waals surface area contributed by atoms with Crippen LogP contribution in [0.1, 0.15) is 0 Å². The van der Waals surface area contributed by atoms with E-state index in [0.29, 0.717) is 0 Å². The number of hydrogen-bond donors (Lipinski definition) is 0. The summed E-state index contributed by atoms with van der Waals surface area (Å²) in [7, 11) is 0. The second-order valence-corrected chi connectivity index (χ2v) is 3.91. The van der Waals surface area contributed by atoms with E-state index >= 15 is 0 Å². The topological polar surface area (TPSA) is 25.8 Å². The smallest absolute Gasteiger partial charge is 0.0183 e. The molecule has 20 heavy (non-hydrogen) atoms. The predicted molar refractivity (Wildman–Crippen MR) is 78.2 cm³/mol. The van der Waals surface area contributed by atoms with Crippen molar-refractivity contribution in [3.63, 3.8) is 0 Å². The van der Waals surface area contributed by atoms with Crippen LogP contribution in [0.5, 0.6) is 0 Å². The Morgan fingerprint density at radius 1 is 0.650 bits per heavy atom. The van der Waals surface area contributed by atoms with E-state index in [4.69, 9.17) is 0 Å². The first kappa shape index (κ1) is 16.2. The Labute approximate surface area is 133 Å². The van der Waals surface area contributed by atoms with Crippen LogP contribution in [0.3, 0.4) is 0 Å². The number of rotatable bonds is 2. The largest absolute Gasteiger partial charge is 0.358 e. The van der Waals surface area contributed by atoms with Crippen LogP contribution in [0.25, 0.3) is 22.5 Å². The minimum absolute atomic E-state index is 0. The number of benzene rings is 1. The van der Waals surface area contributed by atoms with E-state index in [1.165, 1.54) is 0 Å². The Kier molecular flexibility index (Phi) is 6.23. The van der Waals surface area contributed by atoms with Crippen LogP contribution in [0.4, 0.5) is 0 Å². The first-order chi connectivity index (χ1) is 8.93. The molecule has 2 aromatic heterocycles. The zero-order valence-electron chi connectivity index (χ0n) is 11.1. The molecule has 2 nitrogen and oxygen atoms in total. The molecule has 0 saturated carbocycles. The average molecular weight is 439 g/mol. The fourth-order valence-electron chi connectivity index (χ4n) is 1.81. The van der Waals surface area contributed by atoms with Crippen molar-refractivity contribution in [2.45, 2.75) is 0 Å². The molecule has 3 rings (SSSR count). The zero-order chi connectivity index (χ0) is 12.2. The minimum Gasteiger partial charge on any atom is -0.358 e. The summed E-state index contributed by atoms with van der Waals surface area (Å²) in [6.45, 7) is 0. The third-order valence-corrected chi connectivity index (χ3v) is 2.68. The van der Waals surface area contributed by atoms with Crippen molar-refractivity contribution < 1.29 is 20.1 Å². The fourth-order valence-corrected chi connectivity index (χ4v) is 1.81. The Balaban J connectivity index is 0.000001000. The molecule has 3 heteroatoms. The van der Waals surface area contributed by atoms with Crippen LogP contribution < -0.4 is 0 Å². The zero-order valence-corrected chi connectivity index (χ0v) is 13.5. The summed E-state index contributed by atoms with van der Waals surface area (Å²) in [6.07, 6.45) is 3.58. The molecular formula is C17H14IrN2-2. The summed E-state index contributed by atoms with van der Waals surface area (Å²) in [5.41, 5.74) is 3.82. The van der Waals surface area contributed by atoms with E-state index in [1.807, 2.05) is 54.6 Å². The van der Waals surface area contributed by atoms with Crippen molar-refractivity contribution in [3.8, 4) is 22.5 Å². The second kappa shape index (κ2) is 7.68. The first-order valence-electron chi connectivity index (χ1n) is 5.78. The van der Waals surface area contributed by atoms with Crippen LogP contribution >= 0.6 is 0 Å². The van der Waals surface area contributed by atoms with Gasteiger partial charge in [0.05, 0.1) is 0 Å². The molecule has 0 fully saturated rings. The molecule has 0 spiro atoms. The molecule has 1 radical (unpaired) electrons. The van der Waals surface area contributed by atoms with Gasteiger partial charge in [-0.2, -0.15) is 0 Å². The molecule has 0 aliphatic carbocycles. The maximum Gasteiger partial charge on any atom is 0.0183 e. The van der Waals surface area contributed by atoms with E-state index in [0.717, 1.165) is 22.5 Å². The third-order valence-electron chi connectivity index (χ3n) is 2.68. The molecule has 0 amide bonds.